The van der Waals surface area contributed by atoms with Gasteiger partial charge in [-0.1, -0.05) is 0 Å². The van der Waals surface area contributed by atoms with Gasteiger partial charge in [0, 0.05) is 30.4 Å². The number of nitrogens with zero attached hydrogens (tertiary/aromatic N) is 3. The van der Waals surface area contributed by atoms with Crippen molar-refractivity contribution in [3.63, 3.8) is 0 Å². The lowest BCUT2D eigenvalue weighted by molar-refractivity contribution is 0.316. The van der Waals surface area contributed by atoms with E-state index in [4.69, 9.17) is 19.9 Å². The Labute approximate surface area is 149 Å². The van der Waals surface area contributed by atoms with Gasteiger partial charge in [0.05, 0.1) is 12.1 Å². The maximum absolute atomic E-state index is 5.99. The topological polar surface area (TPSA) is 91.1 Å². The Kier molecular flexibility index (Phi) is 3.28. The zero-order valence-corrected chi connectivity index (χ0v) is 14.5. The van der Waals surface area contributed by atoms with Crippen molar-refractivity contribution in [2.24, 2.45) is 0 Å². The largest absolute Gasteiger partial charge is 0.491 e. The molecule has 0 unspecified atom stereocenters. The summed E-state index contributed by atoms with van der Waals surface area (Å²) in [7, 11) is 0. The average Bonchev–Trinajstić information content (AvgIpc) is 3.09. The van der Waals surface area contributed by atoms with Crippen molar-refractivity contribution in [1.82, 2.24) is 14.5 Å². The molecule has 3 heterocycles. The molecule has 0 amide bonds. The van der Waals surface area contributed by atoms with Crippen LogP contribution in [0.15, 0.2) is 34.7 Å². The fourth-order valence-corrected chi connectivity index (χ4v) is 3.57. The maximum Gasteiger partial charge on any atom is 0.292 e. The van der Waals surface area contributed by atoms with Crippen molar-refractivity contribution in [3.8, 4) is 17.1 Å². The first kappa shape index (κ1) is 15.1. The van der Waals surface area contributed by atoms with Gasteiger partial charge in [0.2, 0.25) is 0 Å². The van der Waals surface area contributed by atoms with Crippen molar-refractivity contribution < 1.29 is 9.15 Å². The van der Waals surface area contributed by atoms with Crippen LogP contribution in [0.25, 0.3) is 33.5 Å². The molecule has 2 aromatic heterocycles. The van der Waals surface area contributed by atoms with E-state index in [1.807, 2.05) is 18.2 Å². The number of aryl methyl sites for hydroxylation is 1. The Balaban J connectivity index is 1.74. The number of nitrogens with one attached hydrogen (secondary N) is 1. The minimum Gasteiger partial charge on any atom is -0.491 e. The summed E-state index contributed by atoms with van der Waals surface area (Å²) in [6.45, 7) is 4.48. The number of ether oxygens (including phenoxy) is 1. The normalized spacial score (nSPS) is 13.7. The second kappa shape index (κ2) is 5.66. The predicted molar refractivity (Wildman–Crippen MR) is 101 cm³/mol. The lowest BCUT2D eigenvalue weighted by atomic mass is 10.2. The van der Waals surface area contributed by atoms with E-state index in [-0.39, 0.29) is 6.01 Å². The van der Waals surface area contributed by atoms with E-state index in [1.165, 1.54) is 0 Å². The Morgan fingerprint density at radius 3 is 3.00 bits per heavy atom. The van der Waals surface area contributed by atoms with Gasteiger partial charge in [-0.05, 0) is 37.6 Å². The summed E-state index contributed by atoms with van der Waals surface area (Å²) in [6.07, 6.45) is 0.933. The van der Waals surface area contributed by atoms with Gasteiger partial charge < -0.3 is 24.8 Å². The molecular weight excluding hydrogens is 330 g/mol. The van der Waals surface area contributed by atoms with Crippen LogP contribution in [-0.2, 0) is 6.54 Å². The van der Waals surface area contributed by atoms with Gasteiger partial charge in [0.25, 0.3) is 6.01 Å². The van der Waals surface area contributed by atoms with Crippen LogP contribution in [0.5, 0.6) is 5.75 Å². The van der Waals surface area contributed by atoms with Gasteiger partial charge in [0.1, 0.15) is 22.6 Å². The minimum absolute atomic E-state index is 0.175. The predicted octanol–water partition coefficient (Wildman–Crippen LogP) is 3.64. The van der Waals surface area contributed by atoms with Crippen LogP contribution in [0.2, 0.25) is 0 Å². The molecular formula is C19H19N5O2. The van der Waals surface area contributed by atoms with E-state index in [0.717, 1.165) is 58.9 Å². The molecule has 0 bridgehead atoms. The number of nitrogen functional groups attached to an aromatic ring is 1. The molecule has 0 atom stereocenters. The van der Waals surface area contributed by atoms with Crippen LogP contribution in [-0.4, -0.2) is 27.7 Å². The second-order valence-electron chi connectivity index (χ2n) is 6.40. The molecule has 0 spiro atoms. The molecule has 1 aliphatic rings. The van der Waals surface area contributed by atoms with Gasteiger partial charge >= 0.3 is 0 Å². The second-order valence-corrected chi connectivity index (χ2v) is 6.40. The molecule has 26 heavy (non-hydrogen) atoms. The molecule has 7 heteroatoms. The number of oxazole rings is 1. The van der Waals surface area contributed by atoms with Crippen molar-refractivity contribution in [1.29, 1.82) is 0 Å². The Morgan fingerprint density at radius 2 is 2.12 bits per heavy atom. The van der Waals surface area contributed by atoms with E-state index in [0.29, 0.717) is 12.2 Å². The fraction of sp³-hybridized carbons (Fsp3) is 0.263. The fourth-order valence-electron chi connectivity index (χ4n) is 3.57. The van der Waals surface area contributed by atoms with Crippen LogP contribution < -0.4 is 15.8 Å². The summed E-state index contributed by atoms with van der Waals surface area (Å²) in [5, 5.41) is 3.35. The standard InChI is InChI=1S/C19H19N5O2/c1-2-21-12-9-14-17-16(10-12)25-7-3-6-24(17)18(22-14)11-4-5-15-13(8-11)23-19(20)26-15/h4-5,8-10,21H,2-3,6-7H2,1H3,(H2,20,23). The Morgan fingerprint density at radius 1 is 1.19 bits per heavy atom. The molecule has 2 aromatic carbocycles. The lowest BCUT2D eigenvalue weighted by Crippen LogP contribution is -2.01. The maximum atomic E-state index is 5.99. The average molecular weight is 349 g/mol. The molecule has 7 nitrogen and oxygen atoms in total. The third kappa shape index (κ3) is 2.28. The summed E-state index contributed by atoms with van der Waals surface area (Å²) in [5.41, 5.74) is 11.1. The number of nitrogens with two attached hydrogens (primary N) is 1. The molecule has 0 radical (unpaired) electrons. The van der Waals surface area contributed by atoms with E-state index >= 15 is 0 Å². The van der Waals surface area contributed by atoms with Crippen molar-refractivity contribution in [3.05, 3.63) is 30.3 Å². The highest BCUT2D eigenvalue weighted by atomic mass is 16.5. The SMILES string of the molecule is CCNc1cc2c3c(c1)nc(-c1ccc4oc(N)nc4c1)n3CCCO2. The van der Waals surface area contributed by atoms with Gasteiger partial charge in [-0.3, -0.25) is 0 Å². The molecule has 0 saturated carbocycles. The highest BCUT2D eigenvalue weighted by Crippen LogP contribution is 2.36. The molecule has 0 aliphatic carbocycles. The molecule has 5 rings (SSSR count). The van der Waals surface area contributed by atoms with Crippen LogP contribution in [0.1, 0.15) is 13.3 Å². The number of hydrogen-bond donors (Lipinski definition) is 2. The summed E-state index contributed by atoms with van der Waals surface area (Å²) in [4.78, 5) is 9.14. The molecule has 0 saturated heterocycles. The van der Waals surface area contributed by atoms with Gasteiger partial charge in [-0.15, -0.1) is 0 Å². The van der Waals surface area contributed by atoms with Crippen molar-refractivity contribution in [2.45, 2.75) is 19.9 Å². The molecule has 1 aliphatic heterocycles. The van der Waals surface area contributed by atoms with E-state index < -0.39 is 0 Å². The summed E-state index contributed by atoms with van der Waals surface area (Å²) in [5.74, 6) is 1.78. The zero-order valence-electron chi connectivity index (χ0n) is 14.5. The third-order valence-corrected chi connectivity index (χ3v) is 4.63. The number of aromatic nitrogens is 3. The number of imidazole rings is 1. The first-order valence-electron chi connectivity index (χ1n) is 8.80. The highest BCUT2D eigenvalue weighted by Gasteiger charge is 2.20. The highest BCUT2D eigenvalue weighted by molar-refractivity contribution is 5.90. The minimum atomic E-state index is 0.175. The van der Waals surface area contributed by atoms with E-state index in [9.17, 15) is 0 Å². The number of benzene rings is 2. The van der Waals surface area contributed by atoms with Crippen LogP contribution in [0, 0.1) is 0 Å². The number of anilines is 2. The Hall–Kier alpha value is -3.22. The molecule has 0 fully saturated rings. The van der Waals surface area contributed by atoms with Crippen molar-refractivity contribution >= 4 is 33.8 Å². The van der Waals surface area contributed by atoms with E-state index in [2.05, 4.69) is 33.9 Å². The van der Waals surface area contributed by atoms with Crippen LogP contribution in [0.4, 0.5) is 11.7 Å². The molecule has 132 valence electrons. The lowest BCUT2D eigenvalue weighted by Gasteiger charge is -2.09. The molecule has 3 N–H and O–H groups in total. The quantitative estimate of drug-likeness (QED) is 0.587. The number of hydrogen-bond acceptors (Lipinski definition) is 6. The summed E-state index contributed by atoms with van der Waals surface area (Å²) < 4.78 is 13.6. The first-order chi connectivity index (χ1) is 12.7. The number of fused-ring (bicyclic) bond motifs is 1. The summed E-state index contributed by atoms with van der Waals surface area (Å²) >= 11 is 0. The first-order valence-corrected chi connectivity index (χ1v) is 8.80. The zero-order chi connectivity index (χ0) is 17.7. The smallest absolute Gasteiger partial charge is 0.292 e. The van der Waals surface area contributed by atoms with Crippen molar-refractivity contribution in [2.75, 3.05) is 24.2 Å². The van der Waals surface area contributed by atoms with Gasteiger partial charge in [-0.25, -0.2) is 4.98 Å². The van der Waals surface area contributed by atoms with Gasteiger partial charge in [0.15, 0.2) is 5.58 Å². The molecule has 4 aromatic rings. The monoisotopic (exact) mass is 349 g/mol. The van der Waals surface area contributed by atoms with Crippen LogP contribution >= 0.6 is 0 Å². The van der Waals surface area contributed by atoms with Gasteiger partial charge in [-0.2, -0.15) is 4.98 Å². The number of rotatable bonds is 3. The van der Waals surface area contributed by atoms with Crippen LogP contribution in [0.3, 0.4) is 0 Å². The Bertz CT molecular complexity index is 1130. The summed E-state index contributed by atoms with van der Waals surface area (Å²) in [6, 6.07) is 10.2. The third-order valence-electron chi connectivity index (χ3n) is 4.63. The van der Waals surface area contributed by atoms with E-state index in [1.54, 1.807) is 0 Å².